The molecule has 5 heteroatoms. The van der Waals surface area contributed by atoms with Gasteiger partial charge in [0.05, 0.1) is 16.9 Å². The molecule has 0 saturated carbocycles. The maximum Gasteiger partial charge on any atom is 0.160 e. The number of fused-ring (bicyclic) bond motifs is 2. The minimum atomic E-state index is 0.683. The van der Waals surface area contributed by atoms with Crippen LogP contribution in [0.15, 0.2) is 157 Å². The summed E-state index contributed by atoms with van der Waals surface area (Å²) >= 11 is 3.79. The third kappa shape index (κ3) is 5.39. The molecule has 3 aromatic heterocycles. The van der Waals surface area contributed by atoms with Crippen LogP contribution in [0.3, 0.4) is 0 Å². The van der Waals surface area contributed by atoms with Gasteiger partial charge in [-0.2, -0.15) is 0 Å². The molecule has 212 valence electrons. The summed E-state index contributed by atoms with van der Waals surface area (Å²) in [5.41, 5.74) is 10.1. The van der Waals surface area contributed by atoms with Crippen LogP contribution in [0.25, 0.3) is 77.8 Å². The Morgan fingerprint density at radius 2 is 1.16 bits per heavy atom. The van der Waals surface area contributed by atoms with E-state index in [0.29, 0.717) is 5.82 Å². The van der Waals surface area contributed by atoms with Gasteiger partial charge in [0.15, 0.2) is 5.82 Å². The van der Waals surface area contributed by atoms with E-state index in [-0.39, 0.29) is 0 Å². The van der Waals surface area contributed by atoms with Gasteiger partial charge in [-0.15, -0.1) is 0 Å². The van der Waals surface area contributed by atoms with Crippen molar-refractivity contribution in [2.45, 2.75) is 0 Å². The van der Waals surface area contributed by atoms with Crippen molar-refractivity contribution in [1.29, 1.82) is 0 Å². The second-order valence-electron chi connectivity index (χ2n) is 10.9. The average Bonchev–Trinajstić information content (AvgIpc) is 3.11. The predicted octanol–water partition coefficient (Wildman–Crippen LogP) is 10.7. The molecule has 0 bridgehead atoms. The van der Waals surface area contributed by atoms with Crippen LogP contribution in [0.4, 0.5) is 0 Å². The Bertz CT molecular complexity index is 2330. The maximum absolute atomic E-state index is 5.16. The van der Waals surface area contributed by atoms with Gasteiger partial charge in [0.1, 0.15) is 0 Å². The van der Waals surface area contributed by atoms with Crippen molar-refractivity contribution in [1.82, 2.24) is 19.9 Å². The number of nitrogens with zero attached hydrogens (tertiary/aromatic N) is 4. The molecule has 0 atom stereocenters. The van der Waals surface area contributed by atoms with Crippen molar-refractivity contribution in [2.24, 2.45) is 0 Å². The number of hydrogen-bond acceptors (Lipinski definition) is 4. The lowest BCUT2D eigenvalue weighted by Gasteiger charge is -2.13. The summed E-state index contributed by atoms with van der Waals surface area (Å²) < 4.78 is 0.977. The molecule has 0 N–H and O–H groups in total. The SMILES string of the molecule is Brc1cc(-c2cc(-c3ccc(-c4ccncc4)cc3)nc(-c3ccc4ccccc4c3)n2)cc(-c2cccc3ncccc23)c1. The Balaban J connectivity index is 1.29. The van der Waals surface area contributed by atoms with Gasteiger partial charge in [-0.1, -0.05) is 94.8 Å². The van der Waals surface area contributed by atoms with Crippen LogP contribution < -0.4 is 0 Å². The summed E-state index contributed by atoms with van der Waals surface area (Å²) in [4.78, 5) is 19.0. The normalized spacial score (nSPS) is 11.2. The lowest BCUT2D eigenvalue weighted by atomic mass is 9.97. The monoisotopic (exact) mass is 640 g/mol. The summed E-state index contributed by atoms with van der Waals surface area (Å²) in [6.45, 7) is 0. The van der Waals surface area contributed by atoms with Gasteiger partial charge in [0.2, 0.25) is 0 Å². The predicted molar refractivity (Wildman–Crippen MR) is 188 cm³/mol. The van der Waals surface area contributed by atoms with Crippen molar-refractivity contribution in [2.75, 3.05) is 0 Å². The van der Waals surface area contributed by atoms with Gasteiger partial charge in [-0.25, -0.2) is 9.97 Å². The van der Waals surface area contributed by atoms with Gasteiger partial charge in [-0.3, -0.25) is 9.97 Å². The molecular weight excluding hydrogens is 616 g/mol. The first kappa shape index (κ1) is 27.1. The summed E-state index contributed by atoms with van der Waals surface area (Å²) in [7, 11) is 0. The fourth-order valence-electron chi connectivity index (χ4n) is 5.83. The van der Waals surface area contributed by atoms with Gasteiger partial charge in [0.25, 0.3) is 0 Å². The van der Waals surface area contributed by atoms with E-state index in [1.807, 2.05) is 42.9 Å². The zero-order chi connectivity index (χ0) is 30.2. The smallest absolute Gasteiger partial charge is 0.160 e. The van der Waals surface area contributed by atoms with E-state index in [1.54, 1.807) is 0 Å². The molecule has 0 saturated heterocycles. The van der Waals surface area contributed by atoms with Crippen molar-refractivity contribution in [3.8, 4) is 56.2 Å². The number of halogens is 1. The molecule has 0 aliphatic rings. The number of benzene rings is 5. The lowest BCUT2D eigenvalue weighted by molar-refractivity contribution is 1.18. The molecule has 0 aliphatic carbocycles. The summed E-state index contributed by atoms with van der Waals surface area (Å²) in [6, 6.07) is 46.2. The van der Waals surface area contributed by atoms with Crippen molar-refractivity contribution in [3.63, 3.8) is 0 Å². The maximum atomic E-state index is 5.16. The Kier molecular flexibility index (Phi) is 6.93. The highest BCUT2D eigenvalue weighted by Crippen LogP contribution is 2.36. The van der Waals surface area contributed by atoms with Crippen LogP contribution in [0.1, 0.15) is 0 Å². The topological polar surface area (TPSA) is 51.6 Å². The fraction of sp³-hybridized carbons (Fsp3) is 0. The van der Waals surface area contributed by atoms with Crippen molar-refractivity contribution < 1.29 is 0 Å². The average molecular weight is 642 g/mol. The first-order chi connectivity index (χ1) is 22.2. The molecule has 0 unspecified atom stereocenters. The second kappa shape index (κ2) is 11.5. The molecule has 0 radical (unpaired) electrons. The van der Waals surface area contributed by atoms with Gasteiger partial charge >= 0.3 is 0 Å². The highest BCUT2D eigenvalue weighted by atomic mass is 79.9. The number of rotatable bonds is 5. The highest BCUT2D eigenvalue weighted by molar-refractivity contribution is 9.10. The van der Waals surface area contributed by atoms with Gasteiger partial charge < -0.3 is 0 Å². The molecule has 0 spiro atoms. The van der Waals surface area contributed by atoms with Crippen LogP contribution in [0, 0.1) is 0 Å². The molecular formula is C40H25BrN4. The van der Waals surface area contributed by atoms with Crippen LogP contribution in [-0.2, 0) is 0 Å². The zero-order valence-corrected chi connectivity index (χ0v) is 25.7. The van der Waals surface area contributed by atoms with Crippen LogP contribution >= 0.6 is 15.9 Å². The van der Waals surface area contributed by atoms with Crippen molar-refractivity contribution in [3.05, 3.63) is 157 Å². The highest BCUT2D eigenvalue weighted by Gasteiger charge is 2.14. The number of hydrogen-bond donors (Lipinski definition) is 0. The van der Waals surface area contributed by atoms with E-state index < -0.39 is 0 Å². The van der Waals surface area contributed by atoms with Gasteiger partial charge in [0, 0.05) is 45.1 Å². The molecule has 0 amide bonds. The van der Waals surface area contributed by atoms with Crippen molar-refractivity contribution >= 4 is 37.6 Å². The largest absolute Gasteiger partial charge is 0.265 e. The molecule has 4 nitrogen and oxygen atoms in total. The lowest BCUT2D eigenvalue weighted by Crippen LogP contribution is -1.96. The Morgan fingerprint density at radius 3 is 2.00 bits per heavy atom. The fourth-order valence-corrected chi connectivity index (χ4v) is 6.32. The number of pyridine rings is 2. The molecule has 8 rings (SSSR count). The van der Waals surface area contributed by atoms with Crippen LogP contribution in [0.2, 0.25) is 0 Å². The first-order valence-corrected chi connectivity index (χ1v) is 15.5. The van der Waals surface area contributed by atoms with E-state index >= 15 is 0 Å². The van der Waals surface area contributed by atoms with E-state index in [2.05, 4.69) is 135 Å². The molecule has 0 fully saturated rings. The Hall–Kier alpha value is -5.52. The first-order valence-electron chi connectivity index (χ1n) is 14.7. The minimum Gasteiger partial charge on any atom is -0.265 e. The molecule has 3 heterocycles. The summed E-state index contributed by atoms with van der Waals surface area (Å²) in [5.74, 6) is 0.683. The third-order valence-corrected chi connectivity index (χ3v) is 8.54. The minimum absolute atomic E-state index is 0.683. The number of aromatic nitrogens is 4. The van der Waals surface area contributed by atoms with E-state index in [1.165, 1.54) is 5.39 Å². The van der Waals surface area contributed by atoms with E-state index in [4.69, 9.17) is 9.97 Å². The Morgan fingerprint density at radius 1 is 0.444 bits per heavy atom. The van der Waals surface area contributed by atoms with E-state index in [0.717, 1.165) is 71.1 Å². The summed E-state index contributed by atoms with van der Waals surface area (Å²) in [5, 5.41) is 3.45. The molecule has 8 aromatic rings. The summed E-state index contributed by atoms with van der Waals surface area (Å²) in [6.07, 6.45) is 5.46. The van der Waals surface area contributed by atoms with E-state index in [9.17, 15) is 0 Å². The standard InChI is InChI=1S/C40H25BrN4/c41-34-23-32(35-7-3-9-37-36(35)8-4-18-43-37)22-33(24-34)39-25-38(29-13-10-27(11-14-29)28-16-19-42-20-17-28)44-40(45-39)31-15-12-26-5-1-2-6-30(26)21-31/h1-25H. The molecule has 0 aliphatic heterocycles. The van der Waals surface area contributed by atoms with Gasteiger partial charge in [-0.05, 0) is 87.6 Å². The molecule has 45 heavy (non-hydrogen) atoms. The molecule has 5 aromatic carbocycles. The van der Waals surface area contributed by atoms with Crippen LogP contribution in [0.5, 0.6) is 0 Å². The zero-order valence-electron chi connectivity index (χ0n) is 24.1. The third-order valence-electron chi connectivity index (χ3n) is 8.08. The Labute approximate surface area is 269 Å². The quantitative estimate of drug-likeness (QED) is 0.188. The van der Waals surface area contributed by atoms with Crippen LogP contribution in [-0.4, -0.2) is 19.9 Å². The second-order valence-corrected chi connectivity index (χ2v) is 11.9.